The van der Waals surface area contributed by atoms with Crippen molar-refractivity contribution < 1.29 is 76.9 Å². The Morgan fingerprint density at radius 1 is 0.426 bits per heavy atom. The zero-order valence-electron chi connectivity index (χ0n) is 44.0. The van der Waals surface area contributed by atoms with Crippen LogP contribution < -0.4 is 0 Å². The number of aliphatic carboxylic acids is 2. The predicted molar refractivity (Wildman–Crippen MR) is 257 cm³/mol. The molecule has 6 unspecified atom stereocenters. The number of carbonyl (C=O) groups excluding carboxylic acids is 4. The van der Waals surface area contributed by atoms with Gasteiger partial charge in [-0.15, -0.1) is 0 Å². The van der Waals surface area contributed by atoms with E-state index in [0.29, 0.717) is 65.3 Å². The molecule has 0 aromatic carbocycles. The summed E-state index contributed by atoms with van der Waals surface area (Å²) in [6, 6.07) is 0. The molecule has 1 aliphatic rings. The zero-order valence-corrected chi connectivity index (χ0v) is 44.0. The van der Waals surface area contributed by atoms with Crippen molar-refractivity contribution in [1.29, 1.82) is 0 Å². The second-order valence-corrected chi connectivity index (χ2v) is 22.9. The molecule has 1 heterocycles. The number of rotatable bonds is 4. The predicted octanol–water partition coefficient (Wildman–Crippen LogP) is 8.28. The van der Waals surface area contributed by atoms with E-state index in [4.69, 9.17) is 37.9 Å². The molecule has 1 fully saturated rings. The summed E-state index contributed by atoms with van der Waals surface area (Å²) in [6.45, 7) is 26.5. The van der Waals surface area contributed by atoms with E-state index in [1.165, 1.54) is 0 Å². The number of carboxylic acid groups (broad SMARTS) is 2. The second kappa shape index (κ2) is 32.1. The Morgan fingerprint density at radius 3 is 1.13 bits per heavy atom. The largest absolute Gasteiger partial charge is 0.481 e. The van der Waals surface area contributed by atoms with Crippen molar-refractivity contribution in [1.82, 2.24) is 0 Å². The first-order chi connectivity index (χ1) is 31.6. The number of hydrogen-bond donors (Lipinski definition) is 2. The van der Waals surface area contributed by atoms with Crippen LogP contribution in [0.25, 0.3) is 0 Å². The van der Waals surface area contributed by atoms with Crippen LogP contribution in [0.3, 0.4) is 0 Å². The first-order valence-electron chi connectivity index (χ1n) is 24.9. The summed E-state index contributed by atoms with van der Waals surface area (Å²) in [5, 5.41) is 20.7. The molecule has 16 nitrogen and oxygen atoms in total. The summed E-state index contributed by atoms with van der Waals surface area (Å²) < 4.78 is 45.0. The molecule has 0 radical (unpaired) electrons. The highest BCUT2D eigenvalue weighted by atomic mass is 16.6. The maximum Gasteiger partial charge on any atom is 0.309 e. The highest BCUT2D eigenvalue weighted by Gasteiger charge is 2.40. The second-order valence-electron chi connectivity index (χ2n) is 22.9. The van der Waals surface area contributed by atoms with Crippen molar-refractivity contribution in [3.63, 3.8) is 0 Å². The third-order valence-electron chi connectivity index (χ3n) is 12.0. The number of ether oxygens (including phenoxy) is 8. The molecular weight excluding hydrogens is 881 g/mol. The van der Waals surface area contributed by atoms with Crippen LogP contribution in [-0.2, 0) is 66.7 Å². The summed E-state index contributed by atoms with van der Waals surface area (Å²) in [5.74, 6) is -7.53. The van der Waals surface area contributed by atoms with E-state index in [1.54, 1.807) is 0 Å². The summed E-state index contributed by atoms with van der Waals surface area (Å²) in [6.07, 6.45) is 2.63. The fourth-order valence-corrected chi connectivity index (χ4v) is 8.47. The fourth-order valence-electron chi connectivity index (χ4n) is 8.47. The Labute approximate surface area is 408 Å². The zero-order chi connectivity index (χ0) is 51.6. The molecule has 1 saturated heterocycles. The van der Waals surface area contributed by atoms with Gasteiger partial charge in [-0.2, -0.15) is 0 Å². The van der Waals surface area contributed by atoms with E-state index in [2.05, 4.69) is 0 Å². The Bertz CT molecular complexity index is 1380. The maximum absolute atomic E-state index is 13.6. The minimum absolute atomic E-state index is 0.00289. The van der Waals surface area contributed by atoms with Crippen LogP contribution >= 0.6 is 0 Å². The summed E-state index contributed by atoms with van der Waals surface area (Å²) in [7, 11) is 0. The summed E-state index contributed by atoms with van der Waals surface area (Å²) in [4.78, 5) is 79.4. The van der Waals surface area contributed by atoms with Crippen molar-refractivity contribution in [3.8, 4) is 0 Å². The molecule has 2 N–H and O–H groups in total. The van der Waals surface area contributed by atoms with Gasteiger partial charge in [0.15, 0.2) is 0 Å². The molecule has 1 rings (SSSR count). The van der Waals surface area contributed by atoms with Gasteiger partial charge < -0.3 is 48.1 Å². The van der Waals surface area contributed by atoms with Gasteiger partial charge in [-0.1, -0.05) is 83.1 Å². The highest BCUT2D eigenvalue weighted by molar-refractivity contribution is 5.84. The van der Waals surface area contributed by atoms with Crippen LogP contribution in [0.5, 0.6) is 0 Å². The van der Waals surface area contributed by atoms with Crippen molar-refractivity contribution in [2.24, 2.45) is 57.2 Å². The summed E-state index contributed by atoms with van der Waals surface area (Å²) in [5.41, 5.74) is -1.64. The van der Waals surface area contributed by atoms with Crippen LogP contribution in [0.4, 0.5) is 0 Å². The Morgan fingerprint density at radius 2 is 0.750 bits per heavy atom. The molecular formula is C52H92O16. The molecule has 1 aliphatic heterocycles. The smallest absolute Gasteiger partial charge is 0.309 e. The van der Waals surface area contributed by atoms with Crippen LogP contribution in [0.2, 0.25) is 0 Å². The Balaban J connectivity index is 3.05. The molecule has 16 heteroatoms. The Kier molecular flexibility index (Phi) is 29.7. The SMILES string of the molecule is CC(C)(C)CC1CC(C(=O)O)CC(C(C)(C)C)C(=O)CCCOCCOCCOCCOC(=O)C(C(C)(C)C)CC(C(=O)O)CC(CC(C)(C)C)C(=O)OCCOCCOCCOCCCC1=O. The first-order valence-corrected chi connectivity index (χ1v) is 24.9. The number of ketones is 2. The van der Waals surface area contributed by atoms with Crippen molar-refractivity contribution >= 4 is 35.4 Å². The third kappa shape index (κ3) is 29.2. The van der Waals surface area contributed by atoms with Gasteiger partial charge in [0.25, 0.3) is 0 Å². The lowest BCUT2D eigenvalue weighted by atomic mass is 9.70. The van der Waals surface area contributed by atoms with E-state index in [0.717, 1.165) is 0 Å². The molecule has 0 bridgehead atoms. The van der Waals surface area contributed by atoms with Gasteiger partial charge in [0, 0.05) is 37.9 Å². The maximum atomic E-state index is 13.6. The Hall–Kier alpha value is -3.02. The standard InChI is InChI=1S/C52H92O16/c1-49(2,3)35-39-31-37(45(55)56)33-41(51(7,8)9)44(54)16-14-18-62-20-22-64-24-26-66-28-30-68-48(60)42(52(10,11)12)34-38(46(57)58)32-40(36-50(4,5)6)47(59)67-29-27-65-25-23-63-21-19-61-17-13-15-43(39)53/h37-42H,13-36H2,1-12H3,(H,55,56)(H,57,58). The monoisotopic (exact) mass is 973 g/mol. The van der Waals surface area contributed by atoms with Crippen LogP contribution in [0.15, 0.2) is 0 Å². The van der Waals surface area contributed by atoms with E-state index in [1.807, 2.05) is 83.1 Å². The van der Waals surface area contributed by atoms with Gasteiger partial charge in [0.05, 0.1) is 89.7 Å². The van der Waals surface area contributed by atoms with Gasteiger partial charge in [0.2, 0.25) is 0 Å². The lowest BCUT2D eigenvalue weighted by Crippen LogP contribution is -2.36. The molecule has 0 spiro atoms. The molecule has 6 atom stereocenters. The number of esters is 2. The highest BCUT2D eigenvalue weighted by Crippen LogP contribution is 2.39. The number of carboxylic acids is 2. The van der Waals surface area contributed by atoms with Crippen molar-refractivity contribution in [3.05, 3.63) is 0 Å². The molecule has 0 saturated carbocycles. The quantitative estimate of drug-likeness (QED) is 0.253. The molecule has 0 aliphatic carbocycles. The van der Waals surface area contributed by atoms with Crippen LogP contribution in [0, 0.1) is 57.2 Å². The summed E-state index contributed by atoms with van der Waals surface area (Å²) >= 11 is 0. The van der Waals surface area contributed by atoms with Gasteiger partial charge >= 0.3 is 23.9 Å². The third-order valence-corrected chi connectivity index (χ3v) is 12.0. The fraction of sp³-hybridized carbons (Fsp3) is 0.885. The van der Waals surface area contributed by atoms with Gasteiger partial charge in [-0.3, -0.25) is 28.8 Å². The molecule has 396 valence electrons. The minimum atomic E-state index is -1.10. The lowest BCUT2D eigenvalue weighted by Gasteiger charge is -2.33. The minimum Gasteiger partial charge on any atom is -0.481 e. The van der Waals surface area contributed by atoms with E-state index in [-0.39, 0.29) is 114 Å². The van der Waals surface area contributed by atoms with E-state index in [9.17, 15) is 39.0 Å². The first kappa shape index (κ1) is 63.0. The van der Waals surface area contributed by atoms with Crippen molar-refractivity contribution in [2.75, 3.05) is 92.5 Å². The molecule has 0 aromatic heterocycles. The van der Waals surface area contributed by atoms with E-state index >= 15 is 0 Å². The number of hydrogen-bond acceptors (Lipinski definition) is 14. The van der Waals surface area contributed by atoms with Gasteiger partial charge in [-0.05, 0) is 73.0 Å². The molecule has 68 heavy (non-hydrogen) atoms. The van der Waals surface area contributed by atoms with Gasteiger partial charge in [0.1, 0.15) is 24.8 Å². The lowest BCUT2D eigenvalue weighted by molar-refractivity contribution is -0.157. The normalized spacial score (nSPS) is 26.5. The van der Waals surface area contributed by atoms with Gasteiger partial charge in [-0.25, -0.2) is 0 Å². The van der Waals surface area contributed by atoms with Crippen LogP contribution in [-0.4, -0.2) is 138 Å². The number of carbonyl (C=O) groups is 6. The number of cyclic esters (lactones) is 2. The van der Waals surface area contributed by atoms with Crippen LogP contribution in [0.1, 0.15) is 147 Å². The van der Waals surface area contributed by atoms with Crippen molar-refractivity contribution in [2.45, 2.75) is 147 Å². The average Bonchev–Trinajstić information content (AvgIpc) is 3.20. The average molecular weight is 973 g/mol. The van der Waals surface area contributed by atoms with E-state index < -0.39 is 70.2 Å². The number of Topliss-reactive ketones (excluding diaryl/α,β-unsaturated/α-hetero) is 2. The molecule has 0 amide bonds. The molecule has 0 aromatic rings. The topological polar surface area (TPSA) is 217 Å².